The van der Waals surface area contributed by atoms with Gasteiger partial charge in [0.1, 0.15) is 24.4 Å². The third-order valence-electron chi connectivity index (χ3n) is 4.11. The lowest BCUT2D eigenvalue weighted by Crippen LogP contribution is -2.53. The van der Waals surface area contributed by atoms with E-state index in [1.54, 1.807) is 13.8 Å². The second-order valence-electron chi connectivity index (χ2n) is 6.13. The zero-order chi connectivity index (χ0) is 19.0. The molecule has 0 saturated carbocycles. The van der Waals surface area contributed by atoms with Crippen LogP contribution in [0, 0.1) is 0 Å². The Kier molecular flexibility index (Phi) is 9.33. The van der Waals surface area contributed by atoms with Gasteiger partial charge in [-0.15, -0.1) is 0 Å². The van der Waals surface area contributed by atoms with Crippen molar-refractivity contribution in [2.24, 2.45) is 0 Å². The van der Waals surface area contributed by atoms with Crippen LogP contribution in [0.4, 0.5) is 4.79 Å². The molecule has 25 heavy (non-hydrogen) atoms. The first kappa shape index (κ1) is 21.8. The van der Waals surface area contributed by atoms with Crippen molar-refractivity contribution in [2.75, 3.05) is 13.2 Å². The van der Waals surface area contributed by atoms with E-state index in [1.165, 1.54) is 12.2 Å². The third-order valence-corrected chi connectivity index (χ3v) is 4.11. The maximum atomic E-state index is 11.7. The van der Waals surface area contributed by atoms with Gasteiger partial charge in [0.25, 0.3) is 0 Å². The van der Waals surface area contributed by atoms with Crippen LogP contribution in [0.3, 0.4) is 0 Å². The molecule has 7 N–H and O–H groups in total. The van der Waals surface area contributed by atoms with Gasteiger partial charge in [0, 0.05) is 13.0 Å². The number of amides is 2. The van der Waals surface area contributed by atoms with Crippen molar-refractivity contribution < 1.29 is 35.1 Å². The SMILES string of the molecule is CCNC(=O)NC(COC1C=CC(O)C(O)C1O)C(O)CC(O)CC. The summed E-state index contributed by atoms with van der Waals surface area (Å²) in [7, 11) is 0. The van der Waals surface area contributed by atoms with E-state index in [2.05, 4.69) is 10.6 Å². The molecular weight excluding hydrogens is 332 g/mol. The number of aliphatic hydroxyl groups is 5. The number of ether oxygens (including phenoxy) is 1. The standard InChI is InChI=1S/C16H30N2O7/c1-3-9(19)7-12(21)10(18-16(24)17-4-2)8-25-13-6-5-11(20)14(22)15(13)23/h5-6,9-15,19-23H,3-4,7-8H2,1-2H3,(H2,17,18,24). The van der Waals surface area contributed by atoms with Crippen molar-refractivity contribution in [3.63, 3.8) is 0 Å². The second kappa shape index (κ2) is 10.7. The maximum Gasteiger partial charge on any atom is 0.315 e. The lowest BCUT2D eigenvalue weighted by atomic mass is 9.96. The molecule has 1 rings (SSSR count). The molecule has 0 aliphatic heterocycles. The van der Waals surface area contributed by atoms with Gasteiger partial charge in [-0.1, -0.05) is 19.1 Å². The molecule has 7 atom stereocenters. The molecular formula is C16H30N2O7. The van der Waals surface area contributed by atoms with Crippen LogP contribution in [0.15, 0.2) is 12.2 Å². The lowest BCUT2D eigenvalue weighted by Gasteiger charge is -2.33. The fourth-order valence-corrected chi connectivity index (χ4v) is 2.45. The summed E-state index contributed by atoms with van der Waals surface area (Å²) in [4.78, 5) is 11.7. The minimum atomic E-state index is -1.38. The van der Waals surface area contributed by atoms with Crippen molar-refractivity contribution >= 4 is 6.03 Å². The van der Waals surface area contributed by atoms with E-state index >= 15 is 0 Å². The summed E-state index contributed by atoms with van der Waals surface area (Å²) in [5.41, 5.74) is 0. The summed E-state index contributed by atoms with van der Waals surface area (Å²) in [6.07, 6.45) is -3.31. The molecule has 0 aromatic carbocycles. The van der Waals surface area contributed by atoms with Gasteiger partial charge in [-0.25, -0.2) is 4.79 Å². The molecule has 0 radical (unpaired) electrons. The topological polar surface area (TPSA) is 152 Å². The molecule has 0 spiro atoms. The van der Waals surface area contributed by atoms with E-state index in [1.807, 2.05) is 0 Å². The van der Waals surface area contributed by atoms with E-state index in [9.17, 15) is 30.3 Å². The normalized spacial score (nSPS) is 29.7. The fourth-order valence-electron chi connectivity index (χ4n) is 2.45. The minimum absolute atomic E-state index is 0.0569. The molecule has 0 aromatic rings. The quantitative estimate of drug-likeness (QED) is 0.240. The van der Waals surface area contributed by atoms with Gasteiger partial charge >= 0.3 is 6.03 Å². The maximum absolute atomic E-state index is 11.7. The van der Waals surface area contributed by atoms with Gasteiger partial charge in [0.05, 0.1) is 24.9 Å². The number of aliphatic hydroxyl groups excluding tert-OH is 5. The molecule has 146 valence electrons. The van der Waals surface area contributed by atoms with Crippen LogP contribution in [0.25, 0.3) is 0 Å². The Morgan fingerprint density at radius 3 is 2.44 bits per heavy atom. The summed E-state index contributed by atoms with van der Waals surface area (Å²) < 4.78 is 5.50. The van der Waals surface area contributed by atoms with Gasteiger partial charge in [-0.3, -0.25) is 0 Å². The Labute approximate surface area is 147 Å². The van der Waals surface area contributed by atoms with Crippen molar-refractivity contribution in [2.45, 2.75) is 69.4 Å². The van der Waals surface area contributed by atoms with Crippen LogP contribution < -0.4 is 10.6 Å². The van der Waals surface area contributed by atoms with E-state index in [0.717, 1.165) is 0 Å². The van der Waals surface area contributed by atoms with Gasteiger partial charge in [0.2, 0.25) is 0 Å². The number of hydrogen-bond donors (Lipinski definition) is 7. The number of hydrogen-bond acceptors (Lipinski definition) is 7. The van der Waals surface area contributed by atoms with Crippen LogP contribution in [-0.2, 0) is 4.74 Å². The third kappa shape index (κ3) is 6.89. The summed E-state index contributed by atoms with van der Waals surface area (Å²) in [5, 5.41) is 54.1. The van der Waals surface area contributed by atoms with Crippen molar-refractivity contribution in [1.29, 1.82) is 0 Å². The monoisotopic (exact) mass is 362 g/mol. The Hall–Kier alpha value is -1.23. The number of urea groups is 1. The largest absolute Gasteiger partial charge is 0.393 e. The first-order valence-corrected chi connectivity index (χ1v) is 8.54. The molecule has 0 fully saturated rings. The van der Waals surface area contributed by atoms with Crippen LogP contribution in [0.1, 0.15) is 26.7 Å². The number of carbonyl (C=O) groups excluding carboxylic acids is 1. The smallest absolute Gasteiger partial charge is 0.315 e. The summed E-state index contributed by atoms with van der Waals surface area (Å²) in [6.45, 7) is 3.78. The van der Waals surface area contributed by atoms with Crippen LogP contribution in [-0.4, -0.2) is 87.4 Å². The van der Waals surface area contributed by atoms with Crippen molar-refractivity contribution in [3.05, 3.63) is 12.2 Å². The molecule has 1 aliphatic rings. The second-order valence-corrected chi connectivity index (χ2v) is 6.13. The number of carbonyl (C=O) groups is 1. The predicted molar refractivity (Wildman–Crippen MR) is 89.8 cm³/mol. The zero-order valence-electron chi connectivity index (χ0n) is 14.6. The van der Waals surface area contributed by atoms with Crippen LogP contribution in [0.2, 0.25) is 0 Å². The highest BCUT2D eigenvalue weighted by Gasteiger charge is 2.34. The van der Waals surface area contributed by atoms with Gasteiger partial charge in [-0.2, -0.15) is 0 Å². The number of rotatable bonds is 9. The first-order valence-electron chi connectivity index (χ1n) is 8.54. The Balaban J connectivity index is 2.68. The highest BCUT2D eigenvalue weighted by atomic mass is 16.5. The van der Waals surface area contributed by atoms with E-state index in [-0.39, 0.29) is 13.0 Å². The van der Waals surface area contributed by atoms with E-state index < -0.39 is 48.7 Å². The average Bonchev–Trinajstić information content (AvgIpc) is 2.57. The molecule has 7 unspecified atom stereocenters. The molecule has 9 nitrogen and oxygen atoms in total. The Bertz CT molecular complexity index is 435. The minimum Gasteiger partial charge on any atom is -0.393 e. The molecule has 0 bridgehead atoms. The van der Waals surface area contributed by atoms with Gasteiger partial charge in [-0.05, 0) is 13.3 Å². The number of nitrogens with one attached hydrogen (secondary N) is 2. The fraction of sp³-hybridized carbons (Fsp3) is 0.812. The average molecular weight is 362 g/mol. The van der Waals surface area contributed by atoms with Crippen molar-refractivity contribution in [3.8, 4) is 0 Å². The Morgan fingerprint density at radius 2 is 1.84 bits per heavy atom. The van der Waals surface area contributed by atoms with E-state index in [4.69, 9.17) is 4.74 Å². The van der Waals surface area contributed by atoms with Crippen LogP contribution >= 0.6 is 0 Å². The molecule has 1 aliphatic carbocycles. The molecule has 0 saturated heterocycles. The van der Waals surface area contributed by atoms with Gasteiger partial charge in [0.15, 0.2) is 0 Å². The van der Waals surface area contributed by atoms with Gasteiger partial charge < -0.3 is 40.9 Å². The molecule has 9 heteroatoms. The molecule has 0 heterocycles. The van der Waals surface area contributed by atoms with Crippen molar-refractivity contribution in [1.82, 2.24) is 10.6 Å². The van der Waals surface area contributed by atoms with Crippen LogP contribution in [0.5, 0.6) is 0 Å². The summed E-state index contributed by atoms with van der Waals surface area (Å²) in [6, 6.07) is -1.31. The highest BCUT2D eigenvalue weighted by Crippen LogP contribution is 2.17. The predicted octanol–water partition coefficient (Wildman–Crippen LogP) is -1.77. The Morgan fingerprint density at radius 1 is 1.16 bits per heavy atom. The first-order chi connectivity index (χ1) is 11.8. The zero-order valence-corrected chi connectivity index (χ0v) is 14.6. The highest BCUT2D eigenvalue weighted by molar-refractivity contribution is 5.74. The summed E-state index contributed by atoms with van der Waals surface area (Å²) in [5.74, 6) is 0. The summed E-state index contributed by atoms with van der Waals surface area (Å²) >= 11 is 0. The molecule has 2 amide bonds. The molecule has 0 aromatic heterocycles. The van der Waals surface area contributed by atoms with E-state index in [0.29, 0.717) is 13.0 Å². The lowest BCUT2D eigenvalue weighted by molar-refractivity contribution is -0.113.